The number of ether oxygens (including phenoxy) is 1. The highest BCUT2D eigenvalue weighted by Crippen LogP contribution is 2.43. The summed E-state index contributed by atoms with van der Waals surface area (Å²) in [5, 5.41) is 12.7. The van der Waals surface area contributed by atoms with Crippen LogP contribution in [0.5, 0.6) is 0 Å². The maximum absolute atomic E-state index is 13.8. The molecule has 0 radical (unpaired) electrons. The Morgan fingerprint density at radius 3 is 2.24 bits per heavy atom. The van der Waals surface area contributed by atoms with Crippen LogP contribution < -0.4 is 15.5 Å². The van der Waals surface area contributed by atoms with Crippen LogP contribution in [0.3, 0.4) is 0 Å². The lowest BCUT2D eigenvalue weighted by atomic mass is 9.95. The van der Waals surface area contributed by atoms with Crippen LogP contribution in [0.1, 0.15) is 57.8 Å². The zero-order valence-corrected chi connectivity index (χ0v) is 24.2. The van der Waals surface area contributed by atoms with Crippen molar-refractivity contribution in [2.24, 2.45) is 5.73 Å². The molecule has 2 aliphatic rings. The van der Waals surface area contributed by atoms with Gasteiger partial charge in [0.2, 0.25) is 0 Å². The van der Waals surface area contributed by atoms with Gasteiger partial charge in [-0.25, -0.2) is 0 Å². The Bertz CT molecular complexity index is 1610. The van der Waals surface area contributed by atoms with E-state index >= 15 is 0 Å². The lowest BCUT2D eigenvalue weighted by Crippen LogP contribution is -2.30. The summed E-state index contributed by atoms with van der Waals surface area (Å²) in [6, 6.07) is 15.2. The summed E-state index contributed by atoms with van der Waals surface area (Å²) in [6.45, 7) is 2.29. The molecular weight excluding hydrogens is 600 g/mol. The largest absolute Gasteiger partial charge is 0.416 e. The van der Waals surface area contributed by atoms with Crippen molar-refractivity contribution in [2.75, 3.05) is 22.9 Å². The normalized spacial score (nSPS) is 16.8. The van der Waals surface area contributed by atoms with Crippen LogP contribution >= 0.6 is 0 Å². The second-order valence-corrected chi connectivity index (χ2v) is 11.3. The van der Waals surface area contributed by atoms with E-state index in [9.17, 15) is 26.3 Å². The third kappa shape index (κ3) is 6.76. The molecule has 2 aliphatic heterocycles. The van der Waals surface area contributed by atoms with E-state index in [0.717, 1.165) is 40.1 Å². The molecule has 45 heavy (non-hydrogen) atoms. The Labute approximate surface area is 255 Å². The molecule has 3 aromatic carbocycles. The molecule has 0 saturated carbocycles. The molecule has 6 rings (SSSR count). The standard InChI is InChI=1S/C31H31F6N7O/c32-30(33,34)24-11-21(12-25(15-24)31(35,36)37)17-43(29-39-41-44(40-29)10-8-38)27-7-4-9-42(16-20-5-2-1-3-6-20)28-14-23-19-45-18-22(23)13-26(27)28/h1-3,5-6,11-15,27H,4,7-10,16-19,38H2/t27-/m0/s1. The summed E-state index contributed by atoms with van der Waals surface area (Å²) >= 11 is 0. The fourth-order valence-electron chi connectivity index (χ4n) is 6.01. The average molecular weight is 632 g/mol. The molecule has 3 heterocycles. The van der Waals surface area contributed by atoms with Crippen LogP contribution in [0.15, 0.2) is 60.7 Å². The number of anilines is 2. The van der Waals surface area contributed by atoms with E-state index in [1.807, 2.05) is 36.4 Å². The highest BCUT2D eigenvalue weighted by molar-refractivity contribution is 5.62. The van der Waals surface area contributed by atoms with Crippen LogP contribution in [0.25, 0.3) is 0 Å². The smallest absolute Gasteiger partial charge is 0.372 e. The van der Waals surface area contributed by atoms with Crippen molar-refractivity contribution in [1.82, 2.24) is 20.2 Å². The minimum absolute atomic E-state index is 0.0821. The van der Waals surface area contributed by atoms with Crippen LogP contribution in [0.2, 0.25) is 0 Å². The molecule has 238 valence electrons. The van der Waals surface area contributed by atoms with Crippen LogP contribution in [0.4, 0.5) is 38.0 Å². The summed E-state index contributed by atoms with van der Waals surface area (Å²) in [4.78, 5) is 5.18. The van der Waals surface area contributed by atoms with Gasteiger partial charge >= 0.3 is 12.4 Å². The first-order valence-corrected chi connectivity index (χ1v) is 14.5. The third-order valence-corrected chi connectivity index (χ3v) is 8.09. The Hall–Kier alpha value is -4.17. The number of benzene rings is 3. The Kier molecular flexibility index (Phi) is 8.44. The molecule has 0 spiro atoms. The average Bonchev–Trinajstić information content (AvgIpc) is 3.62. The lowest BCUT2D eigenvalue weighted by molar-refractivity contribution is -0.143. The number of alkyl halides is 6. The van der Waals surface area contributed by atoms with E-state index in [1.165, 1.54) is 4.80 Å². The number of tetrazole rings is 1. The summed E-state index contributed by atoms with van der Waals surface area (Å²) in [7, 11) is 0. The minimum Gasteiger partial charge on any atom is -0.372 e. The van der Waals surface area contributed by atoms with Crippen molar-refractivity contribution in [3.8, 4) is 0 Å². The van der Waals surface area contributed by atoms with Crippen molar-refractivity contribution in [3.63, 3.8) is 0 Å². The summed E-state index contributed by atoms with van der Waals surface area (Å²) < 4.78 is 88.5. The number of hydrogen-bond donors (Lipinski definition) is 1. The first kappa shape index (κ1) is 30.8. The van der Waals surface area contributed by atoms with E-state index in [0.29, 0.717) is 39.1 Å². The van der Waals surface area contributed by atoms with Gasteiger partial charge in [0, 0.05) is 31.9 Å². The fourth-order valence-corrected chi connectivity index (χ4v) is 6.01. The van der Waals surface area contributed by atoms with E-state index in [4.69, 9.17) is 10.5 Å². The second-order valence-electron chi connectivity index (χ2n) is 11.3. The maximum Gasteiger partial charge on any atom is 0.416 e. The van der Waals surface area contributed by atoms with Crippen molar-refractivity contribution < 1.29 is 31.1 Å². The molecule has 1 aromatic heterocycles. The van der Waals surface area contributed by atoms with Crippen LogP contribution in [0, 0.1) is 0 Å². The summed E-state index contributed by atoms with van der Waals surface area (Å²) in [5.41, 5.74) is 7.65. The number of aromatic nitrogens is 4. The minimum atomic E-state index is -4.98. The summed E-state index contributed by atoms with van der Waals surface area (Å²) in [6.07, 6.45) is -8.72. The molecule has 0 bridgehead atoms. The first-order valence-electron chi connectivity index (χ1n) is 14.5. The monoisotopic (exact) mass is 631 g/mol. The van der Waals surface area contributed by atoms with Crippen molar-refractivity contribution in [1.29, 1.82) is 0 Å². The predicted octanol–water partition coefficient (Wildman–Crippen LogP) is 6.25. The number of rotatable bonds is 8. The second kappa shape index (κ2) is 12.3. The molecule has 0 aliphatic carbocycles. The maximum atomic E-state index is 13.8. The fraction of sp³-hybridized carbons (Fsp3) is 0.387. The molecule has 0 amide bonds. The van der Waals surface area contributed by atoms with Gasteiger partial charge in [-0.15, -0.1) is 5.10 Å². The molecule has 14 heteroatoms. The van der Waals surface area contributed by atoms with Gasteiger partial charge in [-0.2, -0.15) is 31.1 Å². The molecule has 2 N–H and O–H groups in total. The molecule has 8 nitrogen and oxygen atoms in total. The number of fused-ring (bicyclic) bond motifs is 2. The van der Waals surface area contributed by atoms with Gasteiger partial charge in [-0.1, -0.05) is 35.4 Å². The molecule has 1 atom stereocenters. The molecule has 4 aromatic rings. The van der Waals surface area contributed by atoms with Crippen LogP contribution in [-0.2, 0) is 49.9 Å². The van der Waals surface area contributed by atoms with Crippen LogP contribution in [-0.4, -0.2) is 33.3 Å². The van der Waals surface area contributed by atoms with E-state index in [-0.39, 0.29) is 37.2 Å². The SMILES string of the molecule is NCCn1nnc(N(Cc2cc(C(F)(F)F)cc(C(F)(F)F)c2)[C@H]2CCCN(Cc3ccccc3)c3cc4c(cc32)COC4)n1. The van der Waals surface area contributed by atoms with E-state index in [2.05, 4.69) is 26.4 Å². The number of halogens is 6. The van der Waals surface area contributed by atoms with E-state index < -0.39 is 29.5 Å². The molecule has 0 saturated heterocycles. The summed E-state index contributed by atoms with van der Waals surface area (Å²) in [5.74, 6) is 0.0821. The molecule has 0 unspecified atom stereocenters. The zero-order chi connectivity index (χ0) is 31.8. The van der Waals surface area contributed by atoms with Gasteiger partial charge in [0.15, 0.2) is 0 Å². The third-order valence-electron chi connectivity index (χ3n) is 8.09. The quantitative estimate of drug-likeness (QED) is 0.230. The predicted molar refractivity (Wildman–Crippen MR) is 154 cm³/mol. The Morgan fingerprint density at radius 1 is 0.889 bits per heavy atom. The Balaban J connectivity index is 1.47. The topological polar surface area (TPSA) is 85.3 Å². The van der Waals surface area contributed by atoms with Gasteiger partial charge in [-0.3, -0.25) is 0 Å². The lowest BCUT2D eigenvalue weighted by Gasteiger charge is -2.33. The number of nitrogens with two attached hydrogens (primary N) is 1. The first-order chi connectivity index (χ1) is 21.5. The van der Waals surface area contributed by atoms with Gasteiger partial charge in [0.1, 0.15) is 0 Å². The highest BCUT2D eigenvalue weighted by Gasteiger charge is 2.38. The number of hydrogen-bond acceptors (Lipinski definition) is 7. The molecular formula is C31H31F6N7O. The highest BCUT2D eigenvalue weighted by atomic mass is 19.4. The zero-order valence-electron chi connectivity index (χ0n) is 24.2. The molecule has 0 fully saturated rings. The number of nitrogens with zero attached hydrogens (tertiary/aromatic N) is 6. The van der Waals surface area contributed by atoms with Gasteiger partial charge in [0.05, 0.1) is 36.9 Å². The van der Waals surface area contributed by atoms with Crippen molar-refractivity contribution in [3.05, 3.63) is 99.6 Å². The van der Waals surface area contributed by atoms with E-state index in [1.54, 1.807) is 4.90 Å². The Morgan fingerprint density at radius 2 is 1.58 bits per heavy atom. The van der Waals surface area contributed by atoms with Gasteiger partial charge in [0.25, 0.3) is 5.95 Å². The van der Waals surface area contributed by atoms with Gasteiger partial charge in [-0.05, 0) is 76.2 Å². The van der Waals surface area contributed by atoms with Crippen molar-refractivity contribution >= 4 is 11.6 Å². The van der Waals surface area contributed by atoms with Crippen molar-refractivity contribution in [2.45, 2.75) is 64.1 Å². The van der Waals surface area contributed by atoms with Gasteiger partial charge < -0.3 is 20.3 Å².